The third-order valence-corrected chi connectivity index (χ3v) is 4.41. The van der Waals surface area contributed by atoms with E-state index in [1.54, 1.807) is 4.68 Å². The lowest BCUT2D eigenvalue weighted by atomic mass is 10.0. The van der Waals surface area contributed by atoms with Crippen LogP contribution >= 0.6 is 0 Å². The van der Waals surface area contributed by atoms with Gasteiger partial charge in [-0.3, -0.25) is 4.68 Å². The molecular formula is C22H20N4O2. The highest BCUT2D eigenvalue weighted by molar-refractivity contribution is 5.85. The van der Waals surface area contributed by atoms with Crippen LogP contribution in [0.25, 0.3) is 27.8 Å². The lowest BCUT2D eigenvalue weighted by Gasteiger charge is -2.04. The molecule has 28 heavy (non-hydrogen) atoms. The number of rotatable bonds is 5. The average molecular weight is 372 g/mol. The zero-order chi connectivity index (χ0) is 19.3. The van der Waals surface area contributed by atoms with Crippen LogP contribution in [-0.4, -0.2) is 44.3 Å². The van der Waals surface area contributed by atoms with Gasteiger partial charge < -0.3 is 9.84 Å². The van der Waals surface area contributed by atoms with Crippen LogP contribution in [0.4, 0.5) is 0 Å². The Balaban J connectivity index is 1.67. The number of aliphatic hydroxyl groups is 1. The van der Waals surface area contributed by atoms with Crippen LogP contribution in [0.15, 0.2) is 61.2 Å². The van der Waals surface area contributed by atoms with Crippen LogP contribution < -0.4 is 0 Å². The molecule has 0 aliphatic heterocycles. The highest BCUT2D eigenvalue weighted by Gasteiger charge is 2.10. The molecule has 3 heterocycles. The lowest BCUT2D eigenvalue weighted by molar-refractivity contribution is 0.115. The number of ether oxygens (including phenoxy) is 1. The predicted octanol–water partition coefficient (Wildman–Crippen LogP) is 2.76. The fourth-order valence-corrected chi connectivity index (χ4v) is 3.09. The van der Waals surface area contributed by atoms with E-state index in [-0.39, 0.29) is 13.2 Å². The Morgan fingerprint density at radius 3 is 2.61 bits per heavy atom. The molecule has 1 aromatic carbocycles. The average Bonchev–Trinajstić information content (AvgIpc) is 3.35. The normalized spacial score (nSPS) is 10.8. The largest absolute Gasteiger partial charge is 0.394 e. The first-order valence-electron chi connectivity index (χ1n) is 8.99. The summed E-state index contributed by atoms with van der Waals surface area (Å²) < 4.78 is 8.85. The molecule has 0 atom stereocenters. The molecule has 0 spiro atoms. The van der Waals surface area contributed by atoms with Gasteiger partial charge in [-0.15, -0.1) is 0 Å². The quantitative estimate of drug-likeness (QED) is 0.432. The summed E-state index contributed by atoms with van der Waals surface area (Å²) in [5.74, 6) is 6.15. The van der Waals surface area contributed by atoms with Gasteiger partial charge in [0.2, 0.25) is 0 Å². The van der Waals surface area contributed by atoms with E-state index in [0.29, 0.717) is 6.61 Å². The number of aliphatic hydroxyl groups excluding tert-OH is 1. The van der Waals surface area contributed by atoms with Crippen molar-refractivity contribution in [3.05, 3.63) is 66.7 Å². The molecule has 140 valence electrons. The Bertz CT molecular complexity index is 1150. The summed E-state index contributed by atoms with van der Waals surface area (Å²) in [5.41, 5.74) is 6.16. The van der Waals surface area contributed by atoms with E-state index in [4.69, 9.17) is 9.84 Å². The number of aromatic nitrogens is 4. The van der Waals surface area contributed by atoms with Gasteiger partial charge in [0.1, 0.15) is 6.61 Å². The number of pyridine rings is 1. The minimum absolute atomic E-state index is 0.000920. The van der Waals surface area contributed by atoms with Crippen molar-refractivity contribution < 1.29 is 9.84 Å². The molecule has 6 nitrogen and oxygen atoms in total. The lowest BCUT2D eigenvalue weighted by Crippen LogP contribution is -1.98. The number of hydrogen-bond acceptors (Lipinski definition) is 4. The Labute approximate surface area is 163 Å². The molecule has 1 N–H and O–H groups in total. The van der Waals surface area contributed by atoms with E-state index < -0.39 is 0 Å². The molecule has 3 aromatic heterocycles. The molecule has 0 fully saturated rings. The summed E-state index contributed by atoms with van der Waals surface area (Å²) in [4.78, 5) is 0. The van der Waals surface area contributed by atoms with Gasteiger partial charge in [0, 0.05) is 30.6 Å². The number of fused-ring (bicyclic) bond motifs is 1. The van der Waals surface area contributed by atoms with Crippen molar-refractivity contribution in [3.8, 4) is 34.1 Å². The molecule has 6 heteroatoms. The van der Waals surface area contributed by atoms with Crippen molar-refractivity contribution in [3.63, 3.8) is 0 Å². The van der Waals surface area contributed by atoms with Gasteiger partial charge in [-0.05, 0) is 23.3 Å². The molecule has 0 aliphatic carbocycles. The van der Waals surface area contributed by atoms with Crippen LogP contribution in [0.3, 0.4) is 0 Å². The molecule has 4 rings (SSSR count). The number of nitrogens with zero attached hydrogens (tertiary/aromatic N) is 4. The Morgan fingerprint density at radius 1 is 1.04 bits per heavy atom. The summed E-state index contributed by atoms with van der Waals surface area (Å²) in [5, 5.41) is 17.5. The summed E-state index contributed by atoms with van der Waals surface area (Å²) in [6.07, 6.45) is 7.63. The number of benzene rings is 1. The summed E-state index contributed by atoms with van der Waals surface area (Å²) in [6.45, 7) is 0.573. The second kappa shape index (κ2) is 8.09. The maximum atomic E-state index is 8.76. The third-order valence-electron chi connectivity index (χ3n) is 4.41. The number of hydrogen-bond donors (Lipinski definition) is 1. The topological polar surface area (TPSA) is 64.6 Å². The van der Waals surface area contributed by atoms with E-state index in [1.807, 2.05) is 48.5 Å². The van der Waals surface area contributed by atoms with Crippen molar-refractivity contribution in [2.75, 3.05) is 19.8 Å². The summed E-state index contributed by atoms with van der Waals surface area (Å²) in [6, 6.07) is 12.3. The summed E-state index contributed by atoms with van der Waals surface area (Å²) in [7, 11) is 1.91. The Morgan fingerprint density at radius 2 is 1.86 bits per heavy atom. The van der Waals surface area contributed by atoms with Crippen LogP contribution in [0.5, 0.6) is 0 Å². The van der Waals surface area contributed by atoms with Crippen molar-refractivity contribution in [2.24, 2.45) is 7.05 Å². The maximum absolute atomic E-state index is 8.76. The van der Waals surface area contributed by atoms with Gasteiger partial charge in [-0.25, -0.2) is 4.52 Å². The van der Waals surface area contributed by atoms with Gasteiger partial charge >= 0.3 is 0 Å². The van der Waals surface area contributed by atoms with Crippen molar-refractivity contribution >= 4 is 5.52 Å². The highest BCUT2D eigenvalue weighted by Crippen LogP contribution is 2.29. The van der Waals surface area contributed by atoms with Gasteiger partial charge in [0.05, 0.1) is 36.7 Å². The first kappa shape index (κ1) is 18.0. The van der Waals surface area contributed by atoms with E-state index in [1.165, 1.54) is 0 Å². The minimum Gasteiger partial charge on any atom is -0.394 e. The number of aryl methyl sites for hydroxylation is 1. The van der Waals surface area contributed by atoms with Crippen LogP contribution in [-0.2, 0) is 11.8 Å². The molecule has 0 saturated carbocycles. The SMILES string of the molecule is Cn1cc(-c2ccc(-c3cnn4cccc(C#CCOCCO)c34)cc2)cn1. The molecule has 0 radical (unpaired) electrons. The van der Waals surface area contributed by atoms with Gasteiger partial charge in [-0.2, -0.15) is 10.2 Å². The molecule has 0 amide bonds. The maximum Gasteiger partial charge on any atom is 0.108 e. The molecule has 0 aliphatic rings. The smallest absolute Gasteiger partial charge is 0.108 e. The molecule has 0 saturated heterocycles. The van der Waals surface area contributed by atoms with Crippen molar-refractivity contribution in [1.82, 2.24) is 19.4 Å². The van der Waals surface area contributed by atoms with Gasteiger partial charge in [0.25, 0.3) is 0 Å². The van der Waals surface area contributed by atoms with Gasteiger partial charge in [0.15, 0.2) is 0 Å². The second-order valence-corrected chi connectivity index (χ2v) is 6.33. The standard InChI is InChI=1S/C22H20N4O2/c1-25-16-20(14-23-25)17-6-8-18(9-7-17)21-15-24-26-10-2-4-19(22(21)26)5-3-12-28-13-11-27/h2,4,6-10,14-16,27H,11-13H2,1H3. The zero-order valence-electron chi connectivity index (χ0n) is 15.5. The van der Waals surface area contributed by atoms with Crippen LogP contribution in [0.2, 0.25) is 0 Å². The predicted molar refractivity (Wildman–Crippen MR) is 108 cm³/mol. The van der Waals surface area contributed by atoms with E-state index in [9.17, 15) is 0 Å². The molecular weight excluding hydrogens is 352 g/mol. The van der Waals surface area contributed by atoms with Crippen molar-refractivity contribution in [1.29, 1.82) is 0 Å². The van der Waals surface area contributed by atoms with Crippen LogP contribution in [0, 0.1) is 11.8 Å². The highest BCUT2D eigenvalue weighted by atomic mass is 16.5. The second-order valence-electron chi connectivity index (χ2n) is 6.33. The van der Waals surface area contributed by atoms with Gasteiger partial charge in [-0.1, -0.05) is 36.1 Å². The van der Waals surface area contributed by atoms with E-state index in [2.05, 4.69) is 46.3 Å². The Hall–Kier alpha value is -3.40. The van der Waals surface area contributed by atoms with E-state index in [0.717, 1.165) is 33.3 Å². The van der Waals surface area contributed by atoms with Crippen molar-refractivity contribution in [2.45, 2.75) is 0 Å². The molecule has 0 unspecified atom stereocenters. The molecule has 4 aromatic rings. The minimum atomic E-state index is -0.000920. The summed E-state index contributed by atoms with van der Waals surface area (Å²) >= 11 is 0. The van der Waals surface area contributed by atoms with Crippen LogP contribution in [0.1, 0.15) is 5.56 Å². The first-order valence-corrected chi connectivity index (χ1v) is 8.99. The molecule has 0 bridgehead atoms. The zero-order valence-corrected chi connectivity index (χ0v) is 15.5. The fourth-order valence-electron chi connectivity index (χ4n) is 3.09. The first-order chi connectivity index (χ1) is 13.8. The third kappa shape index (κ3) is 3.67. The Kier molecular flexibility index (Phi) is 5.20. The fraction of sp³-hybridized carbons (Fsp3) is 0.182. The van der Waals surface area contributed by atoms with E-state index >= 15 is 0 Å². The monoisotopic (exact) mass is 372 g/mol.